The van der Waals surface area contributed by atoms with Gasteiger partial charge in [0.1, 0.15) is 13.2 Å². The normalized spacial score (nSPS) is 13.5. The molecule has 0 radical (unpaired) electrons. The van der Waals surface area contributed by atoms with Crippen molar-refractivity contribution in [2.24, 2.45) is 0 Å². The summed E-state index contributed by atoms with van der Waals surface area (Å²) in [6.45, 7) is 4.12. The lowest BCUT2D eigenvalue weighted by Gasteiger charge is -2.23. The van der Waals surface area contributed by atoms with Crippen LogP contribution in [0, 0.1) is 0 Å². The molecule has 0 spiro atoms. The van der Waals surface area contributed by atoms with E-state index in [0.717, 1.165) is 17.6 Å². The van der Waals surface area contributed by atoms with Crippen molar-refractivity contribution in [2.45, 2.75) is 23.0 Å². The van der Waals surface area contributed by atoms with Crippen LogP contribution in [-0.4, -0.2) is 42.0 Å². The number of rotatable bonds is 7. The summed E-state index contributed by atoms with van der Waals surface area (Å²) in [5.41, 5.74) is 0. The highest BCUT2D eigenvalue weighted by atomic mass is 127. The van der Waals surface area contributed by atoms with E-state index in [4.69, 9.17) is 4.18 Å². The number of hydrogen-bond acceptors (Lipinski definition) is 2. The monoisotopic (exact) mass is 445 g/mol. The molecule has 0 bridgehead atoms. The minimum Gasteiger partial charge on any atom is -1.00 e. The summed E-state index contributed by atoms with van der Waals surface area (Å²) in [6, 6.07) is 0. The van der Waals surface area contributed by atoms with E-state index in [1.165, 1.54) is 12.8 Å². The Morgan fingerprint density at radius 2 is 1.93 bits per heavy atom. The molecule has 0 aliphatic carbocycles. The lowest BCUT2D eigenvalue weighted by molar-refractivity contribution is -0.870. The van der Waals surface area contributed by atoms with Crippen molar-refractivity contribution in [1.82, 2.24) is 0 Å². The summed E-state index contributed by atoms with van der Waals surface area (Å²) in [5, 5.41) is 0. The van der Waals surface area contributed by atoms with Crippen LogP contribution < -0.4 is 24.0 Å². The van der Waals surface area contributed by atoms with Gasteiger partial charge in [-0.2, -0.15) is 0 Å². The second kappa shape index (κ2) is 9.92. The lowest BCUT2D eigenvalue weighted by Crippen LogP contribution is -3.00. The number of hydrogen-bond donors (Lipinski definition) is 0. The van der Waals surface area contributed by atoms with Crippen LogP contribution >= 0.6 is 34.6 Å². The van der Waals surface area contributed by atoms with Crippen LogP contribution in [0.2, 0.25) is 0 Å². The third kappa shape index (κ3) is 13.7. The van der Waals surface area contributed by atoms with E-state index in [1.807, 2.05) is 0 Å². The van der Waals surface area contributed by atoms with E-state index in [0.29, 0.717) is 3.26 Å². The molecule has 0 rings (SSSR count). The molecule has 0 N–H and O–H groups in total. The van der Waals surface area contributed by atoms with Gasteiger partial charge in [-0.05, 0) is 6.42 Å². The Labute approximate surface area is 123 Å². The van der Waals surface area contributed by atoms with Crippen molar-refractivity contribution in [2.75, 3.05) is 34.3 Å². The van der Waals surface area contributed by atoms with Crippen LogP contribution in [-0.2, 0) is 4.18 Å². The molecule has 0 aromatic heterocycles. The third-order valence-corrected chi connectivity index (χ3v) is 3.53. The van der Waals surface area contributed by atoms with Crippen LogP contribution in [0.4, 0.5) is 0 Å². The SMILES string of the molecule is CCCC(I)SOCC[N+](C)(C)C.[I-]. The van der Waals surface area contributed by atoms with E-state index in [2.05, 4.69) is 50.7 Å². The van der Waals surface area contributed by atoms with Crippen molar-refractivity contribution < 1.29 is 32.6 Å². The maximum absolute atomic E-state index is 5.52. The number of nitrogens with zero attached hydrogens (tertiary/aromatic N) is 1. The Morgan fingerprint density at radius 3 is 2.36 bits per heavy atom. The van der Waals surface area contributed by atoms with Crippen LogP contribution in [0.15, 0.2) is 0 Å². The highest BCUT2D eigenvalue weighted by Crippen LogP contribution is 2.23. The Hall–Kier alpha value is 1.73. The topological polar surface area (TPSA) is 9.23 Å². The van der Waals surface area contributed by atoms with Gasteiger partial charge in [0, 0.05) is 12.0 Å². The lowest BCUT2D eigenvalue weighted by atomic mass is 10.4. The molecule has 5 heteroatoms. The van der Waals surface area contributed by atoms with Gasteiger partial charge in [0.05, 0.1) is 24.4 Å². The number of alkyl halides is 1. The van der Waals surface area contributed by atoms with Crippen LogP contribution in [0.5, 0.6) is 0 Å². The predicted octanol–water partition coefficient (Wildman–Crippen LogP) is -0.0774. The minimum atomic E-state index is 0. The summed E-state index contributed by atoms with van der Waals surface area (Å²) in [6.07, 6.45) is 2.47. The van der Waals surface area contributed by atoms with Gasteiger partial charge in [-0.3, -0.25) is 0 Å². The zero-order valence-corrected chi connectivity index (χ0v) is 14.6. The largest absolute Gasteiger partial charge is 1.00 e. The van der Waals surface area contributed by atoms with Crippen molar-refractivity contribution in [3.63, 3.8) is 0 Å². The molecule has 0 aliphatic rings. The van der Waals surface area contributed by atoms with E-state index in [9.17, 15) is 0 Å². The molecule has 0 aromatic carbocycles. The van der Waals surface area contributed by atoms with Crippen LogP contribution in [0.1, 0.15) is 19.8 Å². The molecular weight excluding hydrogens is 424 g/mol. The maximum Gasteiger partial charge on any atom is 0.110 e. The van der Waals surface area contributed by atoms with E-state index in [-0.39, 0.29) is 24.0 Å². The predicted molar refractivity (Wildman–Crippen MR) is 69.2 cm³/mol. The minimum absolute atomic E-state index is 0. The molecular formula is C9H21I2NOS. The van der Waals surface area contributed by atoms with Crippen molar-refractivity contribution in [3.8, 4) is 0 Å². The molecule has 0 saturated heterocycles. The number of likely N-dealkylation sites (N-methyl/N-ethyl adjacent to an activating group) is 1. The number of halogens is 2. The molecule has 0 aliphatic heterocycles. The molecule has 1 atom stereocenters. The Kier molecular flexibility index (Phi) is 12.8. The first-order valence-electron chi connectivity index (χ1n) is 4.68. The van der Waals surface area contributed by atoms with Crippen molar-refractivity contribution in [3.05, 3.63) is 0 Å². The first kappa shape index (κ1) is 18.1. The standard InChI is InChI=1S/C9H21INOS.HI/c1-5-6-9(10)13-12-8-7-11(2,3)4;/h9H,5-8H2,1-4H3;1H/q+1;/p-1. The highest BCUT2D eigenvalue weighted by Gasteiger charge is 2.08. The average Bonchev–Trinajstić information content (AvgIpc) is 1.97. The van der Waals surface area contributed by atoms with Gasteiger partial charge in [0.25, 0.3) is 0 Å². The summed E-state index contributed by atoms with van der Waals surface area (Å²) in [4.78, 5) is 0. The summed E-state index contributed by atoms with van der Waals surface area (Å²) < 4.78 is 7.10. The third-order valence-electron chi connectivity index (χ3n) is 1.53. The van der Waals surface area contributed by atoms with Gasteiger partial charge in [-0.1, -0.05) is 35.9 Å². The maximum atomic E-state index is 5.52. The number of quaternary nitrogens is 1. The molecule has 1 unspecified atom stereocenters. The van der Waals surface area contributed by atoms with Crippen molar-refractivity contribution >= 4 is 34.6 Å². The second-order valence-corrected chi connectivity index (χ2v) is 7.48. The Balaban J connectivity index is 0. The fraction of sp³-hybridized carbons (Fsp3) is 1.00. The zero-order chi connectivity index (χ0) is 10.3. The fourth-order valence-electron chi connectivity index (χ4n) is 0.708. The molecule has 14 heavy (non-hydrogen) atoms. The van der Waals surface area contributed by atoms with Gasteiger partial charge >= 0.3 is 0 Å². The van der Waals surface area contributed by atoms with E-state index >= 15 is 0 Å². The summed E-state index contributed by atoms with van der Waals surface area (Å²) in [5.74, 6) is 0. The highest BCUT2D eigenvalue weighted by molar-refractivity contribution is 14.1. The molecule has 0 fully saturated rings. The quantitative estimate of drug-likeness (QED) is 0.179. The molecule has 88 valence electrons. The average molecular weight is 445 g/mol. The van der Waals surface area contributed by atoms with Gasteiger partial charge in [-0.15, -0.1) is 0 Å². The molecule has 0 saturated carbocycles. The van der Waals surface area contributed by atoms with E-state index in [1.54, 1.807) is 12.0 Å². The molecule has 0 heterocycles. The summed E-state index contributed by atoms with van der Waals surface area (Å²) in [7, 11) is 6.55. The first-order valence-corrected chi connectivity index (χ1v) is 6.73. The fourth-order valence-corrected chi connectivity index (χ4v) is 2.42. The Bertz CT molecular complexity index is 130. The zero-order valence-electron chi connectivity index (χ0n) is 9.43. The van der Waals surface area contributed by atoms with Crippen LogP contribution in [0.3, 0.4) is 0 Å². The van der Waals surface area contributed by atoms with Gasteiger partial charge < -0.3 is 32.6 Å². The molecule has 2 nitrogen and oxygen atoms in total. The first-order chi connectivity index (χ1) is 5.95. The van der Waals surface area contributed by atoms with Gasteiger partial charge in [-0.25, -0.2) is 0 Å². The van der Waals surface area contributed by atoms with Gasteiger partial charge in [0.2, 0.25) is 0 Å². The molecule has 0 aromatic rings. The van der Waals surface area contributed by atoms with Crippen molar-refractivity contribution in [1.29, 1.82) is 0 Å². The van der Waals surface area contributed by atoms with E-state index < -0.39 is 0 Å². The Morgan fingerprint density at radius 1 is 1.36 bits per heavy atom. The van der Waals surface area contributed by atoms with Gasteiger partial charge in [0.15, 0.2) is 0 Å². The summed E-state index contributed by atoms with van der Waals surface area (Å²) >= 11 is 4.05. The second-order valence-electron chi connectivity index (χ2n) is 4.13. The smallest absolute Gasteiger partial charge is 0.110 e. The molecule has 0 amide bonds. The van der Waals surface area contributed by atoms with Crippen LogP contribution in [0.25, 0.3) is 0 Å².